The molecule has 2 rings (SSSR count). The van der Waals surface area contributed by atoms with Gasteiger partial charge in [-0.3, -0.25) is 4.79 Å². The number of carboxylic acids is 1. The second kappa shape index (κ2) is 7.96. The molecule has 0 amide bonds. The van der Waals surface area contributed by atoms with E-state index in [0.29, 0.717) is 12.8 Å². The molecule has 1 aromatic rings. The molecule has 6 heteroatoms. The molecule has 0 aromatic heterocycles. The first-order chi connectivity index (χ1) is 12.5. The van der Waals surface area contributed by atoms with E-state index in [9.17, 15) is 30.0 Å². The Hall–Kier alpha value is -2.60. The Balaban J connectivity index is 2.23. The summed E-state index contributed by atoms with van der Waals surface area (Å²) in [5.41, 5.74) is 0.480. The maximum absolute atomic E-state index is 12.4. The van der Waals surface area contributed by atoms with Gasteiger partial charge in [0, 0.05) is 12.0 Å². The Morgan fingerprint density at radius 2 is 1.93 bits per heavy atom. The van der Waals surface area contributed by atoms with Gasteiger partial charge in [0.15, 0.2) is 5.78 Å². The number of aliphatic hydroxyl groups excluding tert-OH is 1. The summed E-state index contributed by atoms with van der Waals surface area (Å²) in [6.45, 7) is 5.86. The summed E-state index contributed by atoms with van der Waals surface area (Å²) in [6.07, 6.45) is 3.52. The number of allylic oxidation sites excluding steroid dienone is 2. The molecule has 0 saturated carbocycles. The van der Waals surface area contributed by atoms with Gasteiger partial charge in [0.25, 0.3) is 0 Å². The minimum atomic E-state index is -1.21. The fourth-order valence-corrected chi connectivity index (χ4v) is 3.56. The van der Waals surface area contributed by atoms with Crippen molar-refractivity contribution in [3.63, 3.8) is 0 Å². The third kappa shape index (κ3) is 4.57. The number of carbonyl (C=O) groups excluding carboxylic acids is 1. The molecular weight excluding hydrogens is 348 g/mol. The molecule has 6 nitrogen and oxygen atoms in total. The third-order valence-corrected chi connectivity index (χ3v) is 5.48. The van der Waals surface area contributed by atoms with E-state index in [1.165, 1.54) is 18.2 Å². The molecule has 1 aromatic carbocycles. The molecule has 1 aliphatic carbocycles. The highest BCUT2D eigenvalue weighted by atomic mass is 16.4. The SMILES string of the molecule is CC1=CCC(O)C(C)(C)C1CC=C(CC(=O)c1cc(O)ccc1O)C(=O)O. The quantitative estimate of drug-likeness (QED) is 0.262. The number of phenols is 2. The number of carbonyl (C=O) groups is 2. The summed E-state index contributed by atoms with van der Waals surface area (Å²) < 4.78 is 0. The molecule has 146 valence electrons. The number of hydrogen-bond acceptors (Lipinski definition) is 5. The van der Waals surface area contributed by atoms with E-state index < -0.39 is 29.7 Å². The van der Waals surface area contributed by atoms with Crippen LogP contribution in [0.25, 0.3) is 0 Å². The van der Waals surface area contributed by atoms with Gasteiger partial charge in [0.05, 0.1) is 11.7 Å². The van der Waals surface area contributed by atoms with Crippen molar-refractivity contribution in [3.05, 3.63) is 47.1 Å². The lowest BCUT2D eigenvalue weighted by Gasteiger charge is -2.42. The van der Waals surface area contributed by atoms with Crippen LogP contribution in [0.15, 0.2) is 41.5 Å². The van der Waals surface area contributed by atoms with E-state index in [0.717, 1.165) is 11.6 Å². The lowest BCUT2D eigenvalue weighted by Crippen LogP contribution is -2.39. The number of ketones is 1. The van der Waals surface area contributed by atoms with Gasteiger partial charge in [-0.05, 0) is 49.3 Å². The zero-order valence-corrected chi connectivity index (χ0v) is 15.8. The van der Waals surface area contributed by atoms with Gasteiger partial charge in [0.1, 0.15) is 11.5 Å². The van der Waals surface area contributed by atoms with Crippen molar-refractivity contribution in [1.29, 1.82) is 0 Å². The monoisotopic (exact) mass is 374 g/mol. The smallest absolute Gasteiger partial charge is 0.331 e. The van der Waals surface area contributed by atoms with Crippen LogP contribution in [-0.2, 0) is 4.79 Å². The number of aliphatic hydroxyl groups is 1. The first-order valence-corrected chi connectivity index (χ1v) is 8.86. The minimum Gasteiger partial charge on any atom is -0.508 e. The third-order valence-electron chi connectivity index (χ3n) is 5.48. The molecule has 0 fully saturated rings. The molecule has 4 N–H and O–H groups in total. The maximum atomic E-state index is 12.4. The summed E-state index contributed by atoms with van der Waals surface area (Å²) in [7, 11) is 0. The molecule has 1 aliphatic rings. The largest absolute Gasteiger partial charge is 0.508 e. The van der Waals surface area contributed by atoms with E-state index in [1.54, 1.807) is 0 Å². The van der Waals surface area contributed by atoms with E-state index in [1.807, 2.05) is 26.8 Å². The van der Waals surface area contributed by atoms with E-state index >= 15 is 0 Å². The Bertz CT molecular complexity index is 803. The standard InChI is InChI=1S/C21H26O6/c1-12-4-9-19(25)21(2,3)16(12)7-5-13(20(26)27)10-18(24)15-11-14(22)6-8-17(15)23/h4-6,8,11,16,19,22-23,25H,7,9-10H2,1-3H3,(H,26,27). The summed E-state index contributed by atoms with van der Waals surface area (Å²) in [4.78, 5) is 24.0. The minimum absolute atomic E-state index is 0.0418. The van der Waals surface area contributed by atoms with Crippen LogP contribution in [0.3, 0.4) is 0 Å². The Labute approximate surface area is 158 Å². The number of Topliss-reactive ketones (excluding diaryl/α,β-unsaturated/α-hetero) is 1. The predicted octanol–water partition coefficient (Wildman–Crippen LogP) is 3.43. The van der Waals surface area contributed by atoms with Crippen LogP contribution in [0.1, 0.15) is 50.4 Å². The van der Waals surface area contributed by atoms with Gasteiger partial charge in [-0.15, -0.1) is 0 Å². The van der Waals surface area contributed by atoms with Crippen LogP contribution in [0.4, 0.5) is 0 Å². The maximum Gasteiger partial charge on any atom is 0.331 e. The Morgan fingerprint density at radius 3 is 2.56 bits per heavy atom. The van der Waals surface area contributed by atoms with Gasteiger partial charge in [0.2, 0.25) is 0 Å². The van der Waals surface area contributed by atoms with Crippen molar-refractivity contribution in [2.75, 3.05) is 0 Å². The van der Waals surface area contributed by atoms with Crippen LogP contribution in [0.5, 0.6) is 11.5 Å². The number of aromatic hydroxyl groups is 2. The van der Waals surface area contributed by atoms with Gasteiger partial charge >= 0.3 is 5.97 Å². The summed E-state index contributed by atoms with van der Waals surface area (Å²) >= 11 is 0. The number of benzene rings is 1. The predicted molar refractivity (Wildman–Crippen MR) is 101 cm³/mol. The van der Waals surface area contributed by atoms with Crippen LogP contribution in [0, 0.1) is 11.3 Å². The summed E-state index contributed by atoms with van der Waals surface area (Å²) in [5, 5.41) is 39.0. The first kappa shape index (κ1) is 20.7. The first-order valence-electron chi connectivity index (χ1n) is 8.86. The van der Waals surface area contributed by atoms with Crippen molar-refractivity contribution < 1.29 is 30.0 Å². The number of carboxylic acid groups (broad SMARTS) is 1. The van der Waals surface area contributed by atoms with Crippen molar-refractivity contribution >= 4 is 11.8 Å². The molecule has 2 atom stereocenters. The van der Waals surface area contributed by atoms with Crippen molar-refractivity contribution in [2.24, 2.45) is 11.3 Å². The summed E-state index contributed by atoms with van der Waals surface area (Å²) in [5.74, 6) is -2.33. The lowest BCUT2D eigenvalue weighted by atomic mass is 9.65. The molecule has 0 aliphatic heterocycles. The topological polar surface area (TPSA) is 115 Å². The average molecular weight is 374 g/mol. The number of aliphatic carboxylic acids is 1. The van der Waals surface area contributed by atoms with Crippen molar-refractivity contribution in [3.8, 4) is 11.5 Å². The molecule has 0 saturated heterocycles. The highest BCUT2D eigenvalue weighted by Gasteiger charge is 2.39. The second-order valence-electron chi connectivity index (χ2n) is 7.65. The van der Waals surface area contributed by atoms with Crippen molar-refractivity contribution in [2.45, 2.75) is 46.1 Å². The van der Waals surface area contributed by atoms with Crippen LogP contribution < -0.4 is 0 Å². The van der Waals surface area contributed by atoms with Gasteiger partial charge in [-0.2, -0.15) is 0 Å². The second-order valence-corrected chi connectivity index (χ2v) is 7.65. The molecule has 0 bridgehead atoms. The van der Waals surface area contributed by atoms with E-state index in [4.69, 9.17) is 0 Å². The average Bonchev–Trinajstić information content (AvgIpc) is 2.59. The Kier molecular flexibility index (Phi) is 6.11. The van der Waals surface area contributed by atoms with E-state index in [-0.39, 0.29) is 28.6 Å². The van der Waals surface area contributed by atoms with Gasteiger partial charge < -0.3 is 20.4 Å². The molecule has 0 spiro atoms. The fraction of sp³-hybridized carbons (Fsp3) is 0.429. The van der Waals surface area contributed by atoms with Crippen LogP contribution in [0.2, 0.25) is 0 Å². The van der Waals surface area contributed by atoms with Crippen LogP contribution in [-0.4, -0.2) is 38.3 Å². The number of hydrogen-bond donors (Lipinski definition) is 4. The van der Waals surface area contributed by atoms with Crippen molar-refractivity contribution in [1.82, 2.24) is 0 Å². The molecule has 0 radical (unpaired) electrons. The normalized spacial score (nSPS) is 22.2. The number of phenolic OH excluding ortho intramolecular Hbond substituents is 2. The van der Waals surface area contributed by atoms with Gasteiger partial charge in [-0.25, -0.2) is 4.79 Å². The zero-order chi connectivity index (χ0) is 20.4. The molecule has 0 heterocycles. The fourth-order valence-electron chi connectivity index (χ4n) is 3.56. The lowest BCUT2D eigenvalue weighted by molar-refractivity contribution is -0.132. The van der Waals surface area contributed by atoms with Crippen LogP contribution >= 0.6 is 0 Å². The molecule has 27 heavy (non-hydrogen) atoms. The van der Waals surface area contributed by atoms with E-state index in [2.05, 4.69) is 0 Å². The summed E-state index contributed by atoms with van der Waals surface area (Å²) in [6, 6.07) is 3.54. The highest BCUT2D eigenvalue weighted by molar-refractivity contribution is 6.04. The number of rotatable bonds is 6. The molecular formula is C21H26O6. The van der Waals surface area contributed by atoms with Gasteiger partial charge in [-0.1, -0.05) is 31.6 Å². The zero-order valence-electron chi connectivity index (χ0n) is 15.8. The molecule has 2 unspecified atom stereocenters. The highest BCUT2D eigenvalue weighted by Crippen LogP contribution is 2.43. The Morgan fingerprint density at radius 1 is 1.26 bits per heavy atom.